The second kappa shape index (κ2) is 8.14. The molecular weight excluding hydrogens is 403 g/mol. The highest BCUT2D eigenvalue weighted by Crippen LogP contribution is 2.29. The summed E-state index contributed by atoms with van der Waals surface area (Å²) in [7, 11) is 0. The molecule has 1 saturated heterocycles. The van der Waals surface area contributed by atoms with Crippen molar-refractivity contribution in [3.8, 4) is 0 Å². The minimum Gasteiger partial charge on any atom is -0.372 e. The molecule has 0 radical (unpaired) electrons. The van der Waals surface area contributed by atoms with Gasteiger partial charge in [0, 0.05) is 26.4 Å². The van der Waals surface area contributed by atoms with E-state index in [1.54, 1.807) is 6.07 Å². The summed E-state index contributed by atoms with van der Waals surface area (Å²) in [6, 6.07) is 7.21. The second-order valence-electron chi connectivity index (χ2n) is 6.55. The Kier molecular flexibility index (Phi) is 5.81. The Hall–Kier alpha value is -3.04. The van der Waals surface area contributed by atoms with Gasteiger partial charge in [0.05, 0.1) is 16.9 Å². The Balaban J connectivity index is 1.69. The normalized spacial score (nSPS) is 18.6. The number of carbonyl (C=O) groups excluding carboxylic acids is 3. The smallest absolute Gasteiger partial charge is 0.268 e. The first-order valence-corrected chi connectivity index (χ1v) is 9.09. The lowest BCUT2D eigenvalue weighted by Crippen LogP contribution is -2.52. The molecule has 8 nitrogen and oxygen atoms in total. The van der Waals surface area contributed by atoms with E-state index in [4.69, 9.17) is 11.6 Å². The topological polar surface area (TPSA) is 112 Å². The van der Waals surface area contributed by atoms with Crippen molar-refractivity contribution in [1.29, 1.82) is 0 Å². The zero-order valence-electron chi connectivity index (χ0n) is 15.4. The summed E-state index contributed by atoms with van der Waals surface area (Å²) in [5.41, 5.74) is -1.56. The number of aromatic nitrogens is 1. The summed E-state index contributed by atoms with van der Waals surface area (Å²) in [6.07, 6.45) is 1.24. The van der Waals surface area contributed by atoms with Crippen molar-refractivity contribution in [2.75, 3.05) is 16.8 Å². The largest absolute Gasteiger partial charge is 0.372 e. The molecule has 0 spiro atoms. The van der Waals surface area contributed by atoms with Crippen molar-refractivity contribution in [3.05, 3.63) is 52.9 Å². The Labute approximate surface area is 170 Å². The number of hydrogen-bond acceptors (Lipinski definition) is 5. The van der Waals surface area contributed by atoms with E-state index < -0.39 is 23.2 Å². The molecule has 1 aromatic heterocycles. The van der Waals surface area contributed by atoms with E-state index in [1.807, 2.05) is 0 Å². The summed E-state index contributed by atoms with van der Waals surface area (Å²) in [4.78, 5) is 41.5. The highest BCUT2D eigenvalue weighted by molar-refractivity contribution is 6.31. The molecule has 2 aromatic rings. The molecule has 3 amide bonds. The number of carbonyl (C=O) groups is 3. The van der Waals surface area contributed by atoms with Crippen molar-refractivity contribution in [3.63, 3.8) is 0 Å². The number of nitrogens with one attached hydrogen (secondary N) is 2. The average molecular weight is 421 g/mol. The van der Waals surface area contributed by atoms with Gasteiger partial charge >= 0.3 is 0 Å². The lowest BCUT2D eigenvalue weighted by atomic mass is 10.0. The van der Waals surface area contributed by atoms with E-state index in [0.29, 0.717) is 17.1 Å². The molecule has 0 bridgehead atoms. The molecule has 1 aliphatic heterocycles. The Morgan fingerprint density at radius 1 is 1.34 bits per heavy atom. The number of benzene rings is 1. The van der Waals surface area contributed by atoms with E-state index in [1.165, 1.54) is 42.3 Å². The van der Waals surface area contributed by atoms with Gasteiger partial charge in [-0.2, -0.15) is 0 Å². The van der Waals surface area contributed by atoms with Crippen LogP contribution in [0, 0.1) is 5.82 Å². The van der Waals surface area contributed by atoms with Gasteiger partial charge in [0.25, 0.3) is 11.8 Å². The fraction of sp³-hybridized carbons (Fsp3) is 0.263. The van der Waals surface area contributed by atoms with Gasteiger partial charge in [-0.1, -0.05) is 23.7 Å². The second-order valence-corrected chi connectivity index (χ2v) is 6.92. The van der Waals surface area contributed by atoms with Crippen LogP contribution in [0.1, 0.15) is 18.9 Å². The number of nitrogens with zero attached hydrogens (tertiary/aromatic N) is 2. The molecule has 29 heavy (non-hydrogen) atoms. The number of rotatable bonds is 5. The van der Waals surface area contributed by atoms with Crippen LogP contribution in [0.4, 0.5) is 15.9 Å². The van der Waals surface area contributed by atoms with Gasteiger partial charge in [-0.25, -0.2) is 9.37 Å². The molecule has 10 heteroatoms. The number of hydrogen-bond donors (Lipinski definition) is 3. The van der Waals surface area contributed by atoms with E-state index in [9.17, 15) is 23.9 Å². The number of pyridine rings is 1. The molecular formula is C19H18ClFN4O4. The molecule has 1 aliphatic rings. The van der Waals surface area contributed by atoms with Crippen LogP contribution in [0.3, 0.4) is 0 Å². The fourth-order valence-corrected chi connectivity index (χ4v) is 3.16. The number of amides is 3. The van der Waals surface area contributed by atoms with Crippen LogP contribution < -0.4 is 15.5 Å². The third-order valence-corrected chi connectivity index (χ3v) is 4.93. The number of halogens is 2. The van der Waals surface area contributed by atoms with Gasteiger partial charge < -0.3 is 20.6 Å². The zero-order valence-corrected chi connectivity index (χ0v) is 16.2. The Bertz CT molecular complexity index is 969. The van der Waals surface area contributed by atoms with E-state index in [0.717, 1.165) is 0 Å². The molecule has 3 rings (SSSR count). The third kappa shape index (κ3) is 4.20. The van der Waals surface area contributed by atoms with Gasteiger partial charge in [-0.3, -0.25) is 14.4 Å². The standard InChI is InChI=1S/C19H18ClFN4O4/c1-11(26)24-15-6-5-13(10-22-15)25-8-7-19(29,18(25)28)17(27)23-9-12-3-2-4-14(21)16(12)20/h2-6,10,29H,7-9H2,1H3,(H,23,27)(H,22,24,26). The lowest BCUT2D eigenvalue weighted by molar-refractivity contribution is -0.149. The van der Waals surface area contributed by atoms with Gasteiger partial charge in [-0.15, -0.1) is 0 Å². The average Bonchev–Trinajstić information content (AvgIpc) is 2.99. The quantitative estimate of drug-likeness (QED) is 0.636. The zero-order chi connectivity index (χ0) is 21.2. The SMILES string of the molecule is CC(=O)Nc1ccc(N2CCC(O)(C(=O)NCc3cccc(F)c3Cl)C2=O)cn1. The predicted octanol–water partition coefficient (Wildman–Crippen LogP) is 1.62. The summed E-state index contributed by atoms with van der Waals surface area (Å²) < 4.78 is 13.5. The van der Waals surface area contributed by atoms with Crippen LogP contribution >= 0.6 is 11.6 Å². The predicted molar refractivity (Wildman–Crippen MR) is 104 cm³/mol. The monoisotopic (exact) mass is 420 g/mol. The highest BCUT2D eigenvalue weighted by Gasteiger charge is 2.51. The summed E-state index contributed by atoms with van der Waals surface area (Å²) in [5.74, 6) is -2.29. The van der Waals surface area contributed by atoms with Crippen molar-refractivity contribution in [2.45, 2.75) is 25.5 Å². The Morgan fingerprint density at radius 3 is 2.76 bits per heavy atom. The molecule has 0 aliphatic carbocycles. The first kappa shape index (κ1) is 20.7. The molecule has 2 heterocycles. The lowest BCUT2D eigenvalue weighted by Gasteiger charge is -2.22. The molecule has 1 unspecified atom stereocenters. The van der Waals surface area contributed by atoms with Gasteiger partial charge in [-0.05, 0) is 23.8 Å². The first-order chi connectivity index (χ1) is 13.7. The van der Waals surface area contributed by atoms with Gasteiger partial charge in [0.2, 0.25) is 11.5 Å². The van der Waals surface area contributed by atoms with Crippen molar-refractivity contribution in [2.24, 2.45) is 0 Å². The van der Waals surface area contributed by atoms with Crippen LogP contribution in [0.2, 0.25) is 5.02 Å². The maximum absolute atomic E-state index is 13.5. The van der Waals surface area contributed by atoms with E-state index in [2.05, 4.69) is 15.6 Å². The van der Waals surface area contributed by atoms with E-state index in [-0.39, 0.29) is 30.4 Å². The number of anilines is 2. The van der Waals surface area contributed by atoms with Crippen LogP contribution in [0.15, 0.2) is 36.5 Å². The van der Waals surface area contributed by atoms with Gasteiger partial charge in [0.15, 0.2) is 0 Å². The maximum atomic E-state index is 13.5. The van der Waals surface area contributed by atoms with Crippen LogP contribution in [0.5, 0.6) is 0 Å². The van der Waals surface area contributed by atoms with Crippen molar-refractivity contribution >= 4 is 40.8 Å². The molecule has 3 N–H and O–H groups in total. The van der Waals surface area contributed by atoms with Gasteiger partial charge in [0.1, 0.15) is 11.6 Å². The van der Waals surface area contributed by atoms with Crippen LogP contribution in [-0.2, 0) is 20.9 Å². The fourth-order valence-electron chi connectivity index (χ4n) is 2.97. The first-order valence-electron chi connectivity index (χ1n) is 8.71. The Morgan fingerprint density at radius 2 is 2.10 bits per heavy atom. The molecule has 1 fully saturated rings. The van der Waals surface area contributed by atoms with Crippen molar-refractivity contribution in [1.82, 2.24) is 10.3 Å². The molecule has 1 atom stereocenters. The maximum Gasteiger partial charge on any atom is 0.268 e. The minimum atomic E-state index is -2.25. The van der Waals surface area contributed by atoms with Crippen molar-refractivity contribution < 1.29 is 23.9 Å². The third-order valence-electron chi connectivity index (χ3n) is 4.51. The summed E-state index contributed by atoms with van der Waals surface area (Å²) >= 11 is 5.85. The van der Waals surface area contributed by atoms with Crippen LogP contribution in [0.25, 0.3) is 0 Å². The number of aliphatic hydroxyl groups is 1. The molecule has 1 aromatic carbocycles. The molecule has 0 saturated carbocycles. The molecule has 152 valence electrons. The van der Waals surface area contributed by atoms with E-state index >= 15 is 0 Å². The highest BCUT2D eigenvalue weighted by atomic mass is 35.5. The van der Waals surface area contributed by atoms with Crippen LogP contribution in [-0.4, -0.2) is 40.0 Å². The summed E-state index contributed by atoms with van der Waals surface area (Å²) in [6.45, 7) is 1.30. The summed E-state index contributed by atoms with van der Waals surface area (Å²) in [5, 5.41) is 15.4. The minimum absolute atomic E-state index is 0.102.